The fraction of sp³-hybridized carbons (Fsp3) is 0.250. The highest BCUT2D eigenvalue weighted by Crippen LogP contribution is 2.34. The number of rotatable bonds is 6. The minimum atomic E-state index is -0.583. The van der Waals surface area contributed by atoms with E-state index < -0.39 is 11.9 Å². The molecule has 0 aliphatic rings. The van der Waals surface area contributed by atoms with Crippen LogP contribution in [-0.4, -0.2) is 25.6 Å². The zero-order valence-electron chi connectivity index (χ0n) is 16.2. The molecule has 2 rings (SSSR count). The van der Waals surface area contributed by atoms with E-state index in [0.29, 0.717) is 16.1 Å². The van der Waals surface area contributed by atoms with E-state index in [1.165, 1.54) is 17.4 Å². The molecule has 0 aliphatic carbocycles. The van der Waals surface area contributed by atoms with E-state index >= 15 is 0 Å². The Morgan fingerprint density at radius 3 is 2.41 bits per heavy atom. The van der Waals surface area contributed by atoms with Gasteiger partial charge in [0.25, 0.3) is 5.91 Å². The van der Waals surface area contributed by atoms with Crippen molar-refractivity contribution in [3.8, 4) is 11.8 Å². The summed E-state index contributed by atoms with van der Waals surface area (Å²) < 4.78 is 12.2. The van der Waals surface area contributed by atoms with Gasteiger partial charge >= 0.3 is 5.97 Å². The number of aryl methyl sites for hydroxylation is 1. The summed E-state index contributed by atoms with van der Waals surface area (Å²) >= 11 is 5.56. The Balaban J connectivity index is 2.37. The lowest BCUT2D eigenvalue weighted by atomic mass is 10.1. The number of carbonyl (C=O) groups excluding carboxylic acids is 2. The van der Waals surface area contributed by atoms with Crippen LogP contribution in [0.25, 0.3) is 6.08 Å². The molecule has 1 amide bonds. The maximum absolute atomic E-state index is 12.7. The van der Waals surface area contributed by atoms with Gasteiger partial charge in [0.15, 0.2) is 0 Å². The largest absolute Gasteiger partial charge is 0.495 e. The number of methoxy groups -OCH3 is 1. The molecule has 9 heteroatoms. The lowest BCUT2D eigenvalue weighted by molar-refractivity contribution is -0.112. The summed E-state index contributed by atoms with van der Waals surface area (Å²) in [5.41, 5.74) is 1.72. The fourth-order valence-corrected chi connectivity index (χ4v) is 5.81. The van der Waals surface area contributed by atoms with Gasteiger partial charge in [0.2, 0.25) is 0 Å². The van der Waals surface area contributed by atoms with Gasteiger partial charge < -0.3 is 14.8 Å². The van der Waals surface area contributed by atoms with Crippen molar-refractivity contribution in [1.82, 2.24) is 0 Å². The number of amides is 1. The Labute approximate surface area is 200 Å². The molecule has 1 heterocycles. The average molecular weight is 636 g/mol. The Morgan fingerprint density at radius 2 is 1.90 bits per heavy atom. The van der Waals surface area contributed by atoms with E-state index in [-0.39, 0.29) is 12.2 Å². The van der Waals surface area contributed by atoms with Crippen LogP contribution >= 0.6 is 56.5 Å². The number of nitrogens with zero attached hydrogens (tertiary/aromatic N) is 1. The zero-order chi connectivity index (χ0) is 21.7. The number of esters is 1. The predicted octanol–water partition coefficient (Wildman–Crippen LogP) is 5.31. The van der Waals surface area contributed by atoms with Crippen molar-refractivity contribution in [2.75, 3.05) is 19.0 Å². The number of nitriles is 1. The van der Waals surface area contributed by atoms with Gasteiger partial charge in [0.05, 0.1) is 26.4 Å². The summed E-state index contributed by atoms with van der Waals surface area (Å²) in [6.45, 7) is 5.62. The Bertz CT molecular complexity index is 1010. The van der Waals surface area contributed by atoms with Crippen molar-refractivity contribution in [2.24, 2.45) is 0 Å². The van der Waals surface area contributed by atoms with E-state index in [4.69, 9.17) is 9.47 Å². The second-order valence-electron chi connectivity index (χ2n) is 5.85. The molecule has 0 spiro atoms. The van der Waals surface area contributed by atoms with Crippen molar-refractivity contribution >= 4 is 79.5 Å². The average Bonchev–Trinajstić information content (AvgIpc) is 2.93. The summed E-state index contributed by atoms with van der Waals surface area (Å²) in [5.74, 6) is -0.332. The minimum absolute atomic E-state index is 0.0692. The molecule has 152 valence electrons. The van der Waals surface area contributed by atoms with Crippen LogP contribution in [0.2, 0.25) is 0 Å². The summed E-state index contributed by atoms with van der Waals surface area (Å²) in [5, 5.41) is 12.6. The van der Waals surface area contributed by atoms with Gasteiger partial charge in [0.1, 0.15) is 22.4 Å². The first-order valence-electron chi connectivity index (χ1n) is 8.46. The third-order valence-electron chi connectivity index (χ3n) is 3.99. The lowest BCUT2D eigenvalue weighted by Gasteiger charge is -2.08. The topological polar surface area (TPSA) is 88.4 Å². The van der Waals surface area contributed by atoms with E-state index in [2.05, 4.69) is 50.5 Å². The first kappa shape index (κ1) is 23.6. The second kappa shape index (κ2) is 10.4. The van der Waals surface area contributed by atoms with Gasteiger partial charge in [-0.25, -0.2) is 4.79 Å². The molecule has 6 nitrogen and oxygen atoms in total. The Hall–Kier alpha value is -1.65. The van der Waals surface area contributed by atoms with Crippen molar-refractivity contribution in [2.45, 2.75) is 20.8 Å². The normalized spacial score (nSPS) is 11.0. The molecular weight excluding hydrogens is 618 g/mol. The van der Waals surface area contributed by atoms with E-state index in [0.717, 1.165) is 23.3 Å². The number of thiophene rings is 1. The van der Waals surface area contributed by atoms with Crippen LogP contribution in [0.3, 0.4) is 0 Å². The van der Waals surface area contributed by atoms with Crippen molar-refractivity contribution < 1.29 is 19.1 Å². The molecule has 0 saturated heterocycles. The second-order valence-corrected chi connectivity index (χ2v) is 9.40. The number of benzene rings is 1. The van der Waals surface area contributed by atoms with Gasteiger partial charge in [-0.2, -0.15) is 5.26 Å². The Morgan fingerprint density at radius 1 is 1.28 bits per heavy atom. The number of hydrogen-bond donors (Lipinski definition) is 1. The van der Waals surface area contributed by atoms with Gasteiger partial charge in [-0.1, -0.05) is 0 Å². The molecule has 2 aromatic rings. The van der Waals surface area contributed by atoms with Crippen LogP contribution < -0.4 is 10.1 Å². The van der Waals surface area contributed by atoms with Gasteiger partial charge in [-0.15, -0.1) is 11.3 Å². The SMILES string of the molecule is CCOC(=O)c1c(NC(=O)/C(C#N)=C/c2cc(I)c(OC)c(I)c2)sc(C)c1C. The number of hydrogen-bond acceptors (Lipinski definition) is 6. The van der Waals surface area contributed by atoms with Crippen LogP contribution in [0.15, 0.2) is 17.7 Å². The van der Waals surface area contributed by atoms with Crippen LogP contribution in [0.5, 0.6) is 5.75 Å². The molecule has 1 aromatic heterocycles. The van der Waals surface area contributed by atoms with Crippen LogP contribution in [0.4, 0.5) is 5.00 Å². The molecule has 0 radical (unpaired) electrons. The van der Waals surface area contributed by atoms with Crippen molar-refractivity contribution in [3.63, 3.8) is 0 Å². The molecule has 1 aromatic carbocycles. The summed E-state index contributed by atoms with van der Waals surface area (Å²) in [7, 11) is 1.59. The Kier molecular flexibility index (Phi) is 8.47. The monoisotopic (exact) mass is 636 g/mol. The third-order valence-corrected chi connectivity index (χ3v) is 6.72. The zero-order valence-corrected chi connectivity index (χ0v) is 21.3. The van der Waals surface area contributed by atoms with Crippen molar-refractivity contribution in [1.29, 1.82) is 5.26 Å². The van der Waals surface area contributed by atoms with Gasteiger partial charge in [-0.05, 0) is 95.3 Å². The van der Waals surface area contributed by atoms with Crippen molar-refractivity contribution in [3.05, 3.63) is 46.4 Å². The lowest BCUT2D eigenvalue weighted by Crippen LogP contribution is -2.16. The number of ether oxygens (including phenoxy) is 2. The summed E-state index contributed by atoms with van der Waals surface area (Å²) in [6, 6.07) is 5.59. The highest BCUT2D eigenvalue weighted by molar-refractivity contribution is 14.1. The molecule has 0 unspecified atom stereocenters. The maximum atomic E-state index is 12.7. The fourth-order valence-electron chi connectivity index (χ4n) is 2.51. The molecule has 1 N–H and O–H groups in total. The highest BCUT2D eigenvalue weighted by atomic mass is 127. The van der Waals surface area contributed by atoms with Crippen LogP contribution in [0.1, 0.15) is 33.3 Å². The molecule has 0 atom stereocenters. The van der Waals surface area contributed by atoms with E-state index in [1.54, 1.807) is 21.0 Å². The highest BCUT2D eigenvalue weighted by Gasteiger charge is 2.23. The number of carbonyl (C=O) groups is 2. The predicted molar refractivity (Wildman–Crippen MR) is 130 cm³/mol. The molecule has 0 fully saturated rings. The minimum Gasteiger partial charge on any atom is -0.495 e. The molecule has 0 aliphatic heterocycles. The number of anilines is 1. The molecule has 29 heavy (non-hydrogen) atoms. The van der Waals surface area contributed by atoms with Crippen LogP contribution in [-0.2, 0) is 9.53 Å². The van der Waals surface area contributed by atoms with E-state index in [1.807, 2.05) is 25.1 Å². The first-order chi connectivity index (χ1) is 13.7. The maximum Gasteiger partial charge on any atom is 0.341 e. The van der Waals surface area contributed by atoms with E-state index in [9.17, 15) is 14.9 Å². The van der Waals surface area contributed by atoms with Crippen LogP contribution in [0, 0.1) is 32.3 Å². The number of halogens is 2. The standard InChI is InChI=1S/C20H18I2N2O4S/c1-5-28-20(26)16-10(2)11(3)29-19(16)24-18(25)13(9-23)6-12-7-14(21)17(27-4)15(22)8-12/h6-8H,5H2,1-4H3,(H,24,25)/b13-6+. The van der Waals surface area contributed by atoms with Gasteiger partial charge in [-0.3, -0.25) is 4.79 Å². The molecular formula is C20H18I2N2O4S. The summed E-state index contributed by atoms with van der Waals surface area (Å²) in [4.78, 5) is 25.9. The quantitative estimate of drug-likeness (QED) is 0.201. The summed E-state index contributed by atoms with van der Waals surface area (Å²) in [6.07, 6.45) is 1.51. The third kappa shape index (κ3) is 5.49. The molecule has 0 bridgehead atoms. The first-order valence-corrected chi connectivity index (χ1v) is 11.4. The molecule has 0 saturated carbocycles. The number of nitrogens with one attached hydrogen (secondary N) is 1. The van der Waals surface area contributed by atoms with Gasteiger partial charge in [0, 0.05) is 4.88 Å². The smallest absolute Gasteiger partial charge is 0.341 e.